The van der Waals surface area contributed by atoms with Gasteiger partial charge in [-0.05, 0) is 31.2 Å². The lowest BCUT2D eigenvalue weighted by molar-refractivity contribution is -0.113. The van der Waals surface area contributed by atoms with Crippen LogP contribution in [0.1, 0.15) is 5.82 Å². The van der Waals surface area contributed by atoms with Crippen molar-refractivity contribution in [2.45, 2.75) is 11.9 Å². The second-order valence-electron chi connectivity index (χ2n) is 6.25. The van der Waals surface area contributed by atoms with Crippen LogP contribution in [0.25, 0.3) is 22.1 Å². The first-order valence-corrected chi connectivity index (χ1v) is 9.88. The van der Waals surface area contributed by atoms with Crippen LogP contribution in [0.15, 0.2) is 51.9 Å². The molecule has 0 atom stereocenters. The summed E-state index contributed by atoms with van der Waals surface area (Å²) in [6.07, 6.45) is 0. The number of methoxy groups -OCH3 is 2. The number of furan rings is 1. The monoisotopic (exact) mass is 409 g/mol. The molecule has 0 aliphatic carbocycles. The van der Waals surface area contributed by atoms with Gasteiger partial charge in [-0.2, -0.15) is 0 Å². The number of hydrogen-bond donors (Lipinski definition) is 1. The van der Waals surface area contributed by atoms with Gasteiger partial charge in [-0.1, -0.05) is 23.9 Å². The minimum absolute atomic E-state index is 0.156. The van der Waals surface area contributed by atoms with E-state index in [2.05, 4.69) is 15.3 Å². The van der Waals surface area contributed by atoms with Crippen LogP contribution in [0, 0.1) is 6.92 Å². The van der Waals surface area contributed by atoms with Crippen LogP contribution in [0.2, 0.25) is 0 Å². The van der Waals surface area contributed by atoms with Crippen LogP contribution in [0.4, 0.5) is 5.69 Å². The number of aromatic nitrogens is 2. The number of benzene rings is 2. The van der Waals surface area contributed by atoms with Gasteiger partial charge >= 0.3 is 0 Å². The maximum Gasteiger partial charge on any atom is 0.234 e. The molecular formula is C21H19N3O4S. The molecule has 0 unspecified atom stereocenters. The number of para-hydroxylation sites is 1. The molecule has 2 heterocycles. The molecule has 0 radical (unpaired) electrons. The van der Waals surface area contributed by atoms with Crippen molar-refractivity contribution < 1.29 is 18.7 Å². The summed E-state index contributed by atoms with van der Waals surface area (Å²) < 4.78 is 16.5. The Morgan fingerprint density at radius 3 is 2.76 bits per heavy atom. The first kappa shape index (κ1) is 19.1. The van der Waals surface area contributed by atoms with E-state index in [0.717, 1.165) is 16.5 Å². The third-order valence-corrected chi connectivity index (χ3v) is 5.28. The summed E-state index contributed by atoms with van der Waals surface area (Å²) in [6.45, 7) is 1.83. The van der Waals surface area contributed by atoms with Crippen LogP contribution in [-0.4, -0.2) is 35.8 Å². The Kier molecular flexibility index (Phi) is 5.26. The van der Waals surface area contributed by atoms with Crippen molar-refractivity contribution >= 4 is 45.4 Å². The van der Waals surface area contributed by atoms with Crippen molar-refractivity contribution in [3.63, 3.8) is 0 Å². The molecule has 7 nitrogen and oxygen atoms in total. The smallest absolute Gasteiger partial charge is 0.234 e. The maximum absolute atomic E-state index is 12.5. The average molecular weight is 409 g/mol. The van der Waals surface area contributed by atoms with Crippen LogP contribution in [0.5, 0.6) is 11.5 Å². The number of ether oxygens (including phenoxy) is 2. The summed E-state index contributed by atoms with van der Waals surface area (Å²) in [4.78, 5) is 21.5. The van der Waals surface area contributed by atoms with Crippen LogP contribution >= 0.6 is 11.8 Å². The third-order valence-electron chi connectivity index (χ3n) is 4.32. The summed E-state index contributed by atoms with van der Waals surface area (Å²) in [7, 11) is 3.12. The lowest BCUT2D eigenvalue weighted by Crippen LogP contribution is -2.15. The van der Waals surface area contributed by atoms with Crippen LogP contribution in [0.3, 0.4) is 0 Å². The van der Waals surface area contributed by atoms with Crippen molar-refractivity contribution in [1.29, 1.82) is 0 Å². The Labute approximate surface area is 171 Å². The lowest BCUT2D eigenvalue weighted by atomic mass is 10.2. The molecule has 8 heteroatoms. The number of anilines is 1. The zero-order chi connectivity index (χ0) is 20.4. The molecule has 0 saturated carbocycles. The number of hydrogen-bond acceptors (Lipinski definition) is 7. The molecule has 0 aliphatic heterocycles. The Hall–Kier alpha value is -3.26. The fraction of sp³-hybridized carbons (Fsp3) is 0.190. The molecule has 4 rings (SSSR count). The topological polar surface area (TPSA) is 86.5 Å². The highest BCUT2D eigenvalue weighted by Gasteiger charge is 2.16. The van der Waals surface area contributed by atoms with Crippen LogP contribution < -0.4 is 14.8 Å². The third kappa shape index (κ3) is 3.84. The number of thioether (sulfide) groups is 1. The number of nitrogens with one attached hydrogen (secondary N) is 1. The highest BCUT2D eigenvalue weighted by molar-refractivity contribution is 8.00. The van der Waals surface area contributed by atoms with E-state index in [1.165, 1.54) is 11.8 Å². The molecule has 0 saturated heterocycles. The molecule has 29 heavy (non-hydrogen) atoms. The molecule has 148 valence electrons. The second-order valence-corrected chi connectivity index (χ2v) is 7.22. The number of amides is 1. The molecule has 4 aromatic rings. The Bertz CT molecular complexity index is 1210. The number of aryl methyl sites for hydroxylation is 1. The molecular weight excluding hydrogens is 390 g/mol. The minimum Gasteiger partial charge on any atom is -0.497 e. The summed E-state index contributed by atoms with van der Waals surface area (Å²) >= 11 is 1.30. The van der Waals surface area contributed by atoms with Crippen molar-refractivity contribution in [3.05, 3.63) is 48.3 Å². The van der Waals surface area contributed by atoms with Crippen molar-refractivity contribution in [2.24, 2.45) is 0 Å². The summed E-state index contributed by atoms with van der Waals surface area (Å²) in [5.41, 5.74) is 2.64. The number of nitrogens with zero attached hydrogens (tertiary/aromatic N) is 2. The molecule has 2 aromatic carbocycles. The predicted octanol–water partition coefficient (Wildman–Crippen LogP) is 4.43. The standard InChI is InChI=1S/C21H19N3O4S/c1-12-22-19-14-6-4-5-7-16(14)28-20(19)21(23-12)29-11-18(25)24-15-10-13(26-2)8-9-17(15)27-3/h4-10H,11H2,1-3H3,(H,24,25). The predicted molar refractivity (Wildman–Crippen MR) is 113 cm³/mol. The van der Waals surface area contributed by atoms with E-state index >= 15 is 0 Å². The van der Waals surface area contributed by atoms with Gasteiger partial charge in [0, 0.05) is 11.5 Å². The Balaban J connectivity index is 1.56. The molecule has 0 aliphatic rings. The fourth-order valence-electron chi connectivity index (χ4n) is 3.00. The molecule has 2 aromatic heterocycles. The van der Waals surface area contributed by atoms with Gasteiger partial charge in [-0.25, -0.2) is 9.97 Å². The Morgan fingerprint density at radius 1 is 1.14 bits per heavy atom. The molecule has 0 fully saturated rings. The van der Waals surface area contributed by atoms with E-state index in [9.17, 15) is 4.79 Å². The van der Waals surface area contributed by atoms with Gasteiger partial charge in [-0.15, -0.1) is 0 Å². The normalized spacial score (nSPS) is 11.0. The van der Waals surface area contributed by atoms with E-state index < -0.39 is 0 Å². The first-order chi connectivity index (χ1) is 14.1. The highest BCUT2D eigenvalue weighted by atomic mass is 32.2. The van der Waals surface area contributed by atoms with Gasteiger partial charge in [0.2, 0.25) is 5.91 Å². The first-order valence-electron chi connectivity index (χ1n) is 8.89. The van der Waals surface area contributed by atoms with Gasteiger partial charge in [0.25, 0.3) is 0 Å². The number of rotatable bonds is 6. The lowest BCUT2D eigenvalue weighted by Gasteiger charge is -2.11. The van der Waals surface area contributed by atoms with E-state index in [4.69, 9.17) is 13.9 Å². The second kappa shape index (κ2) is 8.00. The van der Waals surface area contributed by atoms with Gasteiger partial charge < -0.3 is 19.2 Å². The Morgan fingerprint density at radius 2 is 1.97 bits per heavy atom. The maximum atomic E-state index is 12.5. The minimum atomic E-state index is -0.193. The van der Waals surface area contributed by atoms with E-state index in [1.807, 2.05) is 31.2 Å². The quantitative estimate of drug-likeness (QED) is 0.372. The molecule has 0 bridgehead atoms. The molecule has 1 amide bonds. The van der Waals surface area contributed by atoms with Gasteiger partial charge in [0.05, 0.1) is 25.7 Å². The van der Waals surface area contributed by atoms with E-state index in [-0.39, 0.29) is 11.7 Å². The largest absolute Gasteiger partial charge is 0.497 e. The van der Waals surface area contributed by atoms with Crippen molar-refractivity contribution in [1.82, 2.24) is 9.97 Å². The zero-order valence-electron chi connectivity index (χ0n) is 16.2. The van der Waals surface area contributed by atoms with E-state index in [0.29, 0.717) is 33.6 Å². The molecule has 0 spiro atoms. The SMILES string of the molecule is COc1ccc(OC)c(NC(=O)CSc2nc(C)nc3c2oc2ccccc23)c1. The zero-order valence-corrected chi connectivity index (χ0v) is 17.0. The van der Waals surface area contributed by atoms with Crippen molar-refractivity contribution in [3.8, 4) is 11.5 Å². The van der Waals surface area contributed by atoms with Crippen LogP contribution in [-0.2, 0) is 4.79 Å². The summed E-state index contributed by atoms with van der Waals surface area (Å²) in [5, 5.41) is 4.42. The number of fused-ring (bicyclic) bond motifs is 3. The number of carbonyl (C=O) groups excluding carboxylic acids is 1. The molecule has 1 N–H and O–H groups in total. The van der Waals surface area contributed by atoms with Gasteiger partial charge in [0.15, 0.2) is 5.58 Å². The van der Waals surface area contributed by atoms with Gasteiger partial charge in [-0.3, -0.25) is 4.79 Å². The highest BCUT2D eigenvalue weighted by Crippen LogP contribution is 2.33. The van der Waals surface area contributed by atoms with Crippen molar-refractivity contribution in [2.75, 3.05) is 25.3 Å². The summed E-state index contributed by atoms with van der Waals surface area (Å²) in [5.74, 6) is 1.78. The van der Waals surface area contributed by atoms with Gasteiger partial charge in [0.1, 0.15) is 33.4 Å². The average Bonchev–Trinajstić information content (AvgIpc) is 3.10. The fourth-order valence-corrected chi connectivity index (χ4v) is 3.81. The summed E-state index contributed by atoms with van der Waals surface area (Å²) in [6, 6.07) is 12.9. The van der Waals surface area contributed by atoms with E-state index in [1.54, 1.807) is 32.4 Å². The number of carbonyl (C=O) groups is 1.